The molecule has 5 nitrogen and oxygen atoms in total. The summed E-state index contributed by atoms with van der Waals surface area (Å²) in [5.74, 6) is 0.729. The minimum Gasteiger partial charge on any atom is -0.494 e. The van der Waals surface area contributed by atoms with Gasteiger partial charge in [-0.1, -0.05) is 35.6 Å². The third-order valence-electron chi connectivity index (χ3n) is 5.10. The van der Waals surface area contributed by atoms with Gasteiger partial charge < -0.3 is 9.64 Å². The molecule has 0 unspecified atom stereocenters. The second kappa shape index (κ2) is 9.17. The van der Waals surface area contributed by atoms with Crippen molar-refractivity contribution in [2.45, 2.75) is 20.8 Å². The van der Waals surface area contributed by atoms with E-state index in [2.05, 4.69) is 20.8 Å². The quantitative estimate of drug-likeness (QED) is 0.634. The lowest BCUT2D eigenvalue weighted by atomic mass is 10.2. The first-order valence-corrected chi connectivity index (χ1v) is 10.5. The Morgan fingerprint density at radius 1 is 1.14 bits per heavy atom. The molecule has 0 aliphatic carbocycles. The number of benzene rings is 2. The lowest BCUT2D eigenvalue weighted by Gasteiger charge is -2.23. The molecule has 1 N–H and O–H groups in total. The van der Waals surface area contributed by atoms with Crippen LogP contribution < -0.4 is 14.5 Å². The van der Waals surface area contributed by atoms with Crippen molar-refractivity contribution in [2.75, 3.05) is 38.2 Å². The number of nitrogens with zero attached hydrogens (tertiary/aromatic N) is 2. The Balaban J connectivity index is 2.02. The topological polar surface area (TPSA) is 46.9 Å². The SMILES string of the molecule is CC[NH+](CC)CCN(C(=O)c1ccccc1)c1nc2c(OC)ccc(C)c2s1. The zero-order valence-electron chi connectivity index (χ0n) is 17.0. The van der Waals surface area contributed by atoms with Crippen molar-refractivity contribution in [1.29, 1.82) is 0 Å². The smallest absolute Gasteiger partial charge is 0.260 e. The fraction of sp³-hybridized carbons (Fsp3) is 0.364. The van der Waals surface area contributed by atoms with Crippen molar-refractivity contribution in [3.05, 3.63) is 53.6 Å². The molecule has 0 saturated carbocycles. The zero-order chi connectivity index (χ0) is 20.1. The van der Waals surface area contributed by atoms with E-state index in [1.165, 1.54) is 4.90 Å². The molecule has 0 saturated heterocycles. The van der Waals surface area contributed by atoms with Crippen LogP contribution in [0.2, 0.25) is 0 Å². The Hall–Kier alpha value is -2.44. The van der Waals surface area contributed by atoms with Crippen molar-refractivity contribution in [2.24, 2.45) is 0 Å². The molecule has 1 heterocycles. The van der Waals surface area contributed by atoms with E-state index in [0.29, 0.717) is 12.1 Å². The van der Waals surface area contributed by atoms with E-state index >= 15 is 0 Å². The van der Waals surface area contributed by atoms with Gasteiger partial charge in [-0.15, -0.1) is 0 Å². The van der Waals surface area contributed by atoms with Crippen molar-refractivity contribution < 1.29 is 14.4 Å². The highest BCUT2D eigenvalue weighted by atomic mass is 32.1. The molecule has 6 heteroatoms. The number of carbonyl (C=O) groups is 1. The van der Waals surface area contributed by atoms with Gasteiger partial charge in [0.25, 0.3) is 5.91 Å². The fourth-order valence-corrected chi connectivity index (χ4v) is 4.35. The van der Waals surface area contributed by atoms with Crippen molar-refractivity contribution in [3.8, 4) is 5.75 Å². The molecule has 3 aromatic rings. The van der Waals surface area contributed by atoms with Crippen LogP contribution in [0.25, 0.3) is 10.2 Å². The molecule has 0 aliphatic rings. The number of aromatic nitrogens is 1. The summed E-state index contributed by atoms with van der Waals surface area (Å²) >= 11 is 1.56. The second-order valence-corrected chi connectivity index (χ2v) is 7.77. The highest BCUT2D eigenvalue weighted by Gasteiger charge is 2.24. The minimum atomic E-state index is -0.0113. The van der Waals surface area contributed by atoms with Gasteiger partial charge in [0.05, 0.1) is 38.0 Å². The van der Waals surface area contributed by atoms with E-state index in [-0.39, 0.29) is 5.91 Å². The lowest BCUT2D eigenvalue weighted by Crippen LogP contribution is -3.12. The molecule has 0 radical (unpaired) electrons. The van der Waals surface area contributed by atoms with Gasteiger partial charge in [0.2, 0.25) is 0 Å². The average Bonchev–Trinajstić information content (AvgIpc) is 3.18. The summed E-state index contributed by atoms with van der Waals surface area (Å²) in [6.45, 7) is 10.0. The van der Waals surface area contributed by atoms with Gasteiger partial charge in [-0.2, -0.15) is 0 Å². The van der Waals surface area contributed by atoms with Gasteiger partial charge in [-0.05, 0) is 44.5 Å². The third kappa shape index (κ3) is 4.18. The highest BCUT2D eigenvalue weighted by molar-refractivity contribution is 7.22. The number of hydrogen-bond acceptors (Lipinski definition) is 4. The number of ether oxygens (including phenoxy) is 1. The summed E-state index contributed by atoms with van der Waals surface area (Å²) in [4.78, 5) is 21.4. The number of methoxy groups -OCH3 is 1. The van der Waals surface area contributed by atoms with Crippen LogP contribution in [-0.4, -0.2) is 44.2 Å². The largest absolute Gasteiger partial charge is 0.494 e. The number of likely N-dealkylation sites (N-methyl/N-ethyl adjacent to an activating group) is 1. The predicted octanol–water partition coefficient (Wildman–Crippen LogP) is 3.18. The number of aryl methyl sites for hydroxylation is 1. The summed E-state index contributed by atoms with van der Waals surface area (Å²) in [6.07, 6.45) is 0. The first-order chi connectivity index (χ1) is 13.6. The Bertz CT molecular complexity index is 936. The molecule has 2 aromatic carbocycles. The third-order valence-corrected chi connectivity index (χ3v) is 6.31. The number of thiazole rings is 1. The Kier molecular flexibility index (Phi) is 6.65. The first kappa shape index (κ1) is 20.3. The summed E-state index contributed by atoms with van der Waals surface area (Å²) < 4.78 is 6.56. The Morgan fingerprint density at radius 2 is 1.86 bits per heavy atom. The summed E-state index contributed by atoms with van der Waals surface area (Å²) in [5.41, 5.74) is 2.64. The van der Waals surface area contributed by atoms with Gasteiger partial charge in [-0.25, -0.2) is 4.98 Å². The normalized spacial score (nSPS) is 11.2. The summed E-state index contributed by atoms with van der Waals surface area (Å²) in [5, 5.41) is 0.725. The molecule has 3 rings (SSSR count). The molecule has 28 heavy (non-hydrogen) atoms. The van der Waals surface area contributed by atoms with Crippen LogP contribution in [0.3, 0.4) is 0 Å². The molecule has 0 fully saturated rings. The zero-order valence-corrected chi connectivity index (χ0v) is 17.8. The van der Waals surface area contributed by atoms with E-state index in [1.54, 1.807) is 18.4 Å². The van der Waals surface area contributed by atoms with Crippen LogP contribution in [0.15, 0.2) is 42.5 Å². The van der Waals surface area contributed by atoms with Crippen molar-refractivity contribution in [1.82, 2.24) is 4.98 Å². The van der Waals surface area contributed by atoms with Crippen molar-refractivity contribution in [3.63, 3.8) is 0 Å². The van der Waals surface area contributed by atoms with Crippen LogP contribution in [0.1, 0.15) is 29.8 Å². The molecule has 0 atom stereocenters. The number of nitrogens with one attached hydrogen (secondary N) is 1. The van der Waals surface area contributed by atoms with Crippen LogP contribution in [0.5, 0.6) is 5.75 Å². The van der Waals surface area contributed by atoms with E-state index in [0.717, 1.165) is 46.3 Å². The molecule has 148 valence electrons. The van der Waals surface area contributed by atoms with Gasteiger partial charge in [0.1, 0.15) is 11.3 Å². The molecule has 1 aromatic heterocycles. The number of hydrogen-bond donors (Lipinski definition) is 1. The van der Waals surface area contributed by atoms with Gasteiger partial charge in [0, 0.05) is 5.56 Å². The van der Waals surface area contributed by atoms with Crippen LogP contribution >= 0.6 is 11.3 Å². The lowest BCUT2D eigenvalue weighted by molar-refractivity contribution is -0.894. The van der Waals surface area contributed by atoms with E-state index < -0.39 is 0 Å². The van der Waals surface area contributed by atoms with Gasteiger partial charge >= 0.3 is 0 Å². The predicted molar refractivity (Wildman–Crippen MR) is 116 cm³/mol. The van der Waals surface area contributed by atoms with Gasteiger partial charge in [-0.3, -0.25) is 9.69 Å². The number of carbonyl (C=O) groups excluding carboxylic acids is 1. The second-order valence-electron chi connectivity index (χ2n) is 6.79. The maximum Gasteiger partial charge on any atom is 0.260 e. The molecule has 0 bridgehead atoms. The molecule has 1 amide bonds. The monoisotopic (exact) mass is 398 g/mol. The summed E-state index contributed by atoms with van der Waals surface area (Å²) in [6, 6.07) is 13.4. The van der Waals surface area contributed by atoms with Crippen LogP contribution in [-0.2, 0) is 0 Å². The number of anilines is 1. The molecular weight excluding hydrogens is 370 g/mol. The minimum absolute atomic E-state index is 0.0113. The van der Waals surface area contributed by atoms with Crippen LogP contribution in [0.4, 0.5) is 5.13 Å². The molecule has 0 spiro atoms. The van der Waals surface area contributed by atoms with Crippen LogP contribution in [0, 0.1) is 6.92 Å². The first-order valence-electron chi connectivity index (χ1n) is 9.73. The molecule has 0 aliphatic heterocycles. The maximum absolute atomic E-state index is 13.3. The fourth-order valence-electron chi connectivity index (χ4n) is 3.27. The number of quaternary nitrogens is 1. The number of rotatable bonds is 8. The Labute approximate surface area is 170 Å². The van der Waals surface area contributed by atoms with E-state index in [4.69, 9.17) is 9.72 Å². The van der Waals surface area contributed by atoms with Gasteiger partial charge in [0.15, 0.2) is 5.13 Å². The average molecular weight is 399 g/mol. The standard InChI is InChI=1S/C22H27N3O2S/c1-5-24(6-2)14-15-25(21(26)17-10-8-7-9-11-17)22-23-19-18(27-4)13-12-16(3)20(19)28-22/h7-13H,5-6,14-15H2,1-4H3/p+1. The van der Waals surface area contributed by atoms with Crippen molar-refractivity contribution >= 4 is 32.6 Å². The molecular formula is C22H28N3O2S+. The highest BCUT2D eigenvalue weighted by Crippen LogP contribution is 2.36. The summed E-state index contributed by atoms with van der Waals surface area (Å²) in [7, 11) is 1.65. The number of amides is 1. The maximum atomic E-state index is 13.3. The number of fused-ring (bicyclic) bond motifs is 1. The Morgan fingerprint density at radius 3 is 2.50 bits per heavy atom. The van der Waals surface area contributed by atoms with E-state index in [9.17, 15) is 4.79 Å². The van der Waals surface area contributed by atoms with E-state index in [1.807, 2.05) is 47.4 Å².